The lowest BCUT2D eigenvalue weighted by Crippen LogP contribution is -2.25. The molecule has 0 bridgehead atoms. The first-order chi connectivity index (χ1) is 16.3. The van der Waals surface area contributed by atoms with E-state index in [-0.39, 0.29) is 11.6 Å². The summed E-state index contributed by atoms with van der Waals surface area (Å²) in [5.41, 5.74) is -0.496. The summed E-state index contributed by atoms with van der Waals surface area (Å²) in [6.45, 7) is 3.56. The van der Waals surface area contributed by atoms with E-state index in [0.717, 1.165) is 23.6 Å². The van der Waals surface area contributed by atoms with Crippen LogP contribution in [0.5, 0.6) is 0 Å². The summed E-state index contributed by atoms with van der Waals surface area (Å²) in [7, 11) is 0. The monoisotopic (exact) mass is 502 g/mol. The number of fused-ring (bicyclic) bond motifs is 1. The van der Waals surface area contributed by atoms with E-state index < -0.39 is 34.3 Å². The number of pyridine rings is 1. The van der Waals surface area contributed by atoms with E-state index in [1.54, 1.807) is 13.8 Å². The van der Waals surface area contributed by atoms with Crippen molar-refractivity contribution in [3.05, 3.63) is 82.0 Å². The molecular weight excluding hydrogens is 481 g/mol. The van der Waals surface area contributed by atoms with Gasteiger partial charge in [0.15, 0.2) is 22.6 Å². The number of benzene rings is 2. The van der Waals surface area contributed by atoms with Crippen molar-refractivity contribution in [1.82, 2.24) is 14.5 Å². The number of nitrogens with zero attached hydrogens (tertiary/aromatic N) is 3. The fourth-order valence-corrected chi connectivity index (χ4v) is 4.62. The third-order valence-corrected chi connectivity index (χ3v) is 6.54. The second-order valence-corrected chi connectivity index (χ2v) is 9.30. The number of rotatable bonds is 7. The Labute approximate surface area is 203 Å². The van der Waals surface area contributed by atoms with Crippen molar-refractivity contribution < 1.29 is 13.2 Å². The topological polar surface area (TPSA) is 59.8 Å². The molecular formula is C24H21F3N4OS2. The van der Waals surface area contributed by atoms with Crippen molar-refractivity contribution in [3.63, 3.8) is 0 Å². The predicted molar refractivity (Wildman–Crippen MR) is 133 cm³/mol. The maximum absolute atomic E-state index is 15.1. The van der Waals surface area contributed by atoms with Crippen LogP contribution in [0, 0.1) is 17.5 Å². The summed E-state index contributed by atoms with van der Waals surface area (Å²) in [5, 5.41) is 0.933. The summed E-state index contributed by atoms with van der Waals surface area (Å²) in [6.07, 6.45) is 3.32. The molecule has 0 saturated carbocycles. The first kappa shape index (κ1) is 24.2. The quantitative estimate of drug-likeness (QED) is 0.136. The number of thioether (sulfide) groups is 1. The number of hydrogen-bond donors (Lipinski definition) is 1. The summed E-state index contributed by atoms with van der Waals surface area (Å²) >= 11 is 2.35. The highest BCUT2D eigenvalue weighted by Crippen LogP contribution is 2.33. The first-order valence-corrected chi connectivity index (χ1v) is 12.6. The van der Waals surface area contributed by atoms with Crippen LogP contribution in [-0.2, 0) is 5.75 Å². The molecule has 0 fully saturated rings. The van der Waals surface area contributed by atoms with Gasteiger partial charge in [0.1, 0.15) is 11.3 Å². The molecule has 2 aromatic heterocycles. The van der Waals surface area contributed by atoms with Crippen LogP contribution in [-0.4, -0.2) is 20.8 Å². The van der Waals surface area contributed by atoms with E-state index in [1.165, 1.54) is 28.6 Å². The largest absolute Gasteiger partial charge is 0.325 e. The number of anilines is 1. The molecule has 34 heavy (non-hydrogen) atoms. The summed E-state index contributed by atoms with van der Waals surface area (Å²) in [5.74, 6) is -3.28. The van der Waals surface area contributed by atoms with Gasteiger partial charge < -0.3 is 4.72 Å². The van der Waals surface area contributed by atoms with E-state index in [0.29, 0.717) is 21.9 Å². The molecule has 2 aromatic carbocycles. The van der Waals surface area contributed by atoms with Crippen LogP contribution in [0.25, 0.3) is 22.2 Å². The van der Waals surface area contributed by atoms with Crippen LogP contribution in [0.3, 0.4) is 0 Å². The molecule has 0 aliphatic carbocycles. The van der Waals surface area contributed by atoms with Crippen molar-refractivity contribution in [2.45, 2.75) is 30.8 Å². The molecule has 4 rings (SSSR count). The molecule has 0 saturated heterocycles. The molecule has 0 unspecified atom stereocenters. The van der Waals surface area contributed by atoms with Crippen LogP contribution in [0.2, 0.25) is 0 Å². The van der Waals surface area contributed by atoms with Gasteiger partial charge in [0.2, 0.25) is 0 Å². The Hall–Kier alpha value is -2.98. The third kappa shape index (κ3) is 4.65. The summed E-state index contributed by atoms with van der Waals surface area (Å²) < 4.78 is 48.9. The van der Waals surface area contributed by atoms with Gasteiger partial charge in [-0.25, -0.2) is 23.1 Å². The lowest BCUT2D eigenvalue weighted by Gasteiger charge is -2.17. The zero-order chi connectivity index (χ0) is 24.4. The number of hydrogen-bond acceptors (Lipinski definition) is 6. The van der Waals surface area contributed by atoms with Gasteiger partial charge in [-0.2, -0.15) is 0 Å². The second-order valence-electron chi connectivity index (χ2n) is 7.75. The Balaban J connectivity index is 1.76. The van der Waals surface area contributed by atoms with Crippen molar-refractivity contribution in [2.75, 3.05) is 11.0 Å². The average molecular weight is 503 g/mol. The standard InChI is InChI=1S/C24H21F3N4OS2/c1-13(2)31-22-15(11-28-24(29-22)33-3)9-17(23(31)32)16-10-18(25)21(20(27)19(16)26)30-34-12-14-7-5-4-6-8-14/h4-11,13,30H,12H2,1-3H3. The summed E-state index contributed by atoms with van der Waals surface area (Å²) in [4.78, 5) is 21.9. The lowest BCUT2D eigenvalue weighted by atomic mass is 10.0. The van der Waals surface area contributed by atoms with Crippen LogP contribution >= 0.6 is 23.7 Å². The molecule has 1 N–H and O–H groups in total. The zero-order valence-corrected chi connectivity index (χ0v) is 20.2. The van der Waals surface area contributed by atoms with E-state index in [9.17, 15) is 13.6 Å². The predicted octanol–water partition coefficient (Wildman–Crippen LogP) is 6.44. The molecule has 5 nitrogen and oxygen atoms in total. The highest BCUT2D eigenvalue weighted by Gasteiger charge is 2.24. The molecule has 176 valence electrons. The van der Waals surface area contributed by atoms with Gasteiger partial charge in [-0.05, 0) is 49.7 Å². The molecule has 0 atom stereocenters. The number of halogens is 3. The van der Waals surface area contributed by atoms with Crippen molar-refractivity contribution in [2.24, 2.45) is 0 Å². The molecule has 0 amide bonds. The minimum absolute atomic E-state index is 0.166. The SMILES string of the molecule is CSc1ncc2cc(-c3cc(F)c(NSCc4ccccc4)c(F)c3F)c(=O)n(C(C)C)c2n1. The average Bonchev–Trinajstić information content (AvgIpc) is 2.83. The number of aromatic nitrogens is 3. The van der Waals surface area contributed by atoms with Gasteiger partial charge in [0, 0.05) is 28.9 Å². The van der Waals surface area contributed by atoms with Crippen LogP contribution in [0.4, 0.5) is 18.9 Å². The zero-order valence-electron chi connectivity index (χ0n) is 18.6. The molecule has 0 aliphatic heterocycles. The maximum Gasteiger partial charge on any atom is 0.260 e. The van der Waals surface area contributed by atoms with Gasteiger partial charge in [-0.15, -0.1) is 0 Å². The third-order valence-electron chi connectivity index (χ3n) is 5.15. The molecule has 10 heteroatoms. The van der Waals surface area contributed by atoms with E-state index in [2.05, 4.69) is 14.7 Å². The Bertz CT molecular complexity index is 1410. The van der Waals surface area contributed by atoms with Crippen molar-refractivity contribution in [1.29, 1.82) is 0 Å². The van der Waals surface area contributed by atoms with Crippen LogP contribution in [0.15, 0.2) is 58.6 Å². The van der Waals surface area contributed by atoms with Gasteiger partial charge >= 0.3 is 0 Å². The van der Waals surface area contributed by atoms with Crippen molar-refractivity contribution in [3.8, 4) is 11.1 Å². The van der Waals surface area contributed by atoms with E-state index >= 15 is 4.39 Å². The van der Waals surface area contributed by atoms with Gasteiger partial charge in [0.25, 0.3) is 5.56 Å². The molecule has 0 spiro atoms. The van der Waals surface area contributed by atoms with Gasteiger partial charge in [-0.3, -0.25) is 9.36 Å². The Morgan fingerprint density at radius 1 is 1.06 bits per heavy atom. The second kappa shape index (κ2) is 10.1. The maximum atomic E-state index is 15.1. The summed E-state index contributed by atoms with van der Waals surface area (Å²) in [6, 6.07) is 11.2. The minimum atomic E-state index is -1.39. The molecule has 0 radical (unpaired) electrons. The Kier molecular flexibility index (Phi) is 7.18. The van der Waals surface area contributed by atoms with E-state index in [4.69, 9.17) is 0 Å². The highest BCUT2D eigenvalue weighted by atomic mass is 32.2. The Morgan fingerprint density at radius 2 is 1.79 bits per heavy atom. The Morgan fingerprint density at radius 3 is 2.47 bits per heavy atom. The highest BCUT2D eigenvalue weighted by molar-refractivity contribution is 7.99. The van der Waals surface area contributed by atoms with Gasteiger partial charge in [-0.1, -0.05) is 42.1 Å². The fraction of sp³-hybridized carbons (Fsp3) is 0.208. The lowest BCUT2D eigenvalue weighted by molar-refractivity contribution is 0.502. The number of nitrogens with one attached hydrogen (secondary N) is 1. The smallest absolute Gasteiger partial charge is 0.260 e. The van der Waals surface area contributed by atoms with Crippen molar-refractivity contribution >= 4 is 40.4 Å². The molecule has 4 aromatic rings. The van der Waals surface area contributed by atoms with Crippen LogP contribution < -0.4 is 10.3 Å². The fourth-order valence-electron chi connectivity index (χ4n) is 3.53. The van der Waals surface area contributed by atoms with E-state index in [1.807, 2.05) is 36.6 Å². The molecule has 2 heterocycles. The minimum Gasteiger partial charge on any atom is -0.325 e. The van der Waals surface area contributed by atoms with Crippen LogP contribution in [0.1, 0.15) is 25.5 Å². The first-order valence-electron chi connectivity index (χ1n) is 10.4. The van der Waals surface area contributed by atoms with Gasteiger partial charge in [0.05, 0.1) is 5.56 Å². The molecule has 0 aliphatic rings. The normalized spacial score (nSPS) is 11.4.